The summed E-state index contributed by atoms with van der Waals surface area (Å²) in [7, 11) is 1.57. The first kappa shape index (κ1) is 26.9. The minimum atomic E-state index is -0.597. The molecule has 7 nitrogen and oxygen atoms in total. The Labute approximate surface area is 237 Å². The number of benzene rings is 2. The molecule has 4 aromatic rings. The molecule has 39 heavy (non-hydrogen) atoms. The van der Waals surface area contributed by atoms with Crippen LogP contribution in [0, 0.1) is 0 Å². The number of hydrogen-bond acceptors (Lipinski definition) is 8. The van der Waals surface area contributed by atoms with Gasteiger partial charge in [0, 0.05) is 9.90 Å². The van der Waals surface area contributed by atoms with E-state index in [2.05, 4.69) is 4.99 Å². The van der Waals surface area contributed by atoms with Gasteiger partial charge in [-0.05, 0) is 66.8 Å². The van der Waals surface area contributed by atoms with Crippen LogP contribution < -0.4 is 24.4 Å². The third-order valence-corrected chi connectivity index (χ3v) is 8.28. The van der Waals surface area contributed by atoms with Gasteiger partial charge < -0.3 is 14.2 Å². The van der Waals surface area contributed by atoms with E-state index in [4.69, 9.17) is 25.8 Å². The van der Waals surface area contributed by atoms with Gasteiger partial charge in [-0.2, -0.15) is 0 Å². The van der Waals surface area contributed by atoms with Gasteiger partial charge in [-0.15, -0.1) is 11.3 Å². The fourth-order valence-corrected chi connectivity index (χ4v) is 6.29. The van der Waals surface area contributed by atoms with Gasteiger partial charge in [0.25, 0.3) is 5.56 Å². The Morgan fingerprint density at radius 2 is 1.95 bits per heavy atom. The summed E-state index contributed by atoms with van der Waals surface area (Å²) >= 11 is 8.72. The molecular weight excluding hydrogens is 556 g/mol. The summed E-state index contributed by atoms with van der Waals surface area (Å²) in [4.78, 5) is 32.6. The van der Waals surface area contributed by atoms with Crippen LogP contribution in [0.1, 0.15) is 35.9 Å². The van der Waals surface area contributed by atoms with Crippen LogP contribution in [0.2, 0.25) is 5.02 Å². The number of allylic oxidation sites excluding steroid dienone is 1. The average molecular weight is 581 g/mol. The first-order valence-corrected chi connectivity index (χ1v) is 14.3. The molecule has 0 N–H and O–H groups in total. The molecular formula is C29H25ClN2O5S2. The highest BCUT2D eigenvalue weighted by Crippen LogP contribution is 2.33. The molecule has 3 heterocycles. The van der Waals surface area contributed by atoms with Crippen LogP contribution in [0.4, 0.5) is 0 Å². The van der Waals surface area contributed by atoms with Crippen molar-refractivity contribution in [1.82, 2.24) is 4.57 Å². The Hall–Kier alpha value is -3.66. The number of methoxy groups -OCH3 is 1. The van der Waals surface area contributed by atoms with E-state index in [-0.39, 0.29) is 12.2 Å². The van der Waals surface area contributed by atoms with Gasteiger partial charge >= 0.3 is 5.97 Å². The minimum Gasteiger partial charge on any atom is -0.493 e. The van der Waals surface area contributed by atoms with Crippen LogP contribution in [-0.4, -0.2) is 24.3 Å². The largest absolute Gasteiger partial charge is 0.493 e. The van der Waals surface area contributed by atoms with Crippen molar-refractivity contribution in [2.75, 3.05) is 13.7 Å². The maximum atomic E-state index is 13.7. The number of fused-ring (bicyclic) bond motifs is 1. The second-order valence-electron chi connectivity index (χ2n) is 8.64. The Balaban J connectivity index is 1.51. The second-order valence-corrected chi connectivity index (χ2v) is 11.1. The predicted octanol–water partition coefficient (Wildman–Crippen LogP) is 5.10. The van der Waals surface area contributed by atoms with Crippen LogP contribution in [0.5, 0.6) is 11.5 Å². The van der Waals surface area contributed by atoms with Gasteiger partial charge in [0.15, 0.2) is 16.3 Å². The Kier molecular flexibility index (Phi) is 8.02. The van der Waals surface area contributed by atoms with Crippen molar-refractivity contribution in [2.45, 2.75) is 26.5 Å². The minimum absolute atomic E-state index is 0.228. The molecule has 0 fully saturated rings. The van der Waals surface area contributed by atoms with Gasteiger partial charge in [0.1, 0.15) is 12.6 Å². The number of ether oxygens (including phenoxy) is 3. The predicted molar refractivity (Wildman–Crippen MR) is 153 cm³/mol. The summed E-state index contributed by atoms with van der Waals surface area (Å²) in [6, 6.07) is 16.2. The lowest BCUT2D eigenvalue weighted by Gasteiger charge is -2.23. The molecule has 2 aromatic carbocycles. The number of hydrogen-bond donors (Lipinski definition) is 0. The van der Waals surface area contributed by atoms with Crippen LogP contribution in [0.3, 0.4) is 0 Å². The van der Waals surface area contributed by atoms with Crippen molar-refractivity contribution in [3.05, 3.63) is 112 Å². The van der Waals surface area contributed by atoms with E-state index >= 15 is 0 Å². The quantitative estimate of drug-likeness (QED) is 0.271. The van der Waals surface area contributed by atoms with E-state index in [1.54, 1.807) is 31.6 Å². The SMILES string of the molecule is CCOC(=O)C1=C(C)N=c2s/c(=C\c3ccc(OCc4ccc(Cl)cc4)c(OC)c3)c(=O)n2C1c1cccs1. The molecule has 0 bridgehead atoms. The van der Waals surface area contributed by atoms with E-state index in [1.807, 2.05) is 60.0 Å². The number of thiophene rings is 1. The van der Waals surface area contributed by atoms with Gasteiger partial charge in [0.05, 0.1) is 29.5 Å². The molecule has 1 unspecified atom stereocenters. The summed E-state index contributed by atoms with van der Waals surface area (Å²) in [5.41, 5.74) is 2.44. The van der Waals surface area contributed by atoms with Crippen molar-refractivity contribution in [3.8, 4) is 11.5 Å². The maximum absolute atomic E-state index is 13.7. The third kappa shape index (κ3) is 5.56. The van der Waals surface area contributed by atoms with Crippen molar-refractivity contribution < 1.29 is 19.0 Å². The fourth-order valence-electron chi connectivity index (χ4n) is 4.29. The molecule has 5 rings (SSSR count). The molecule has 1 aliphatic rings. The van der Waals surface area contributed by atoms with E-state index in [9.17, 15) is 9.59 Å². The number of thiazole rings is 1. The number of carbonyl (C=O) groups excluding carboxylic acids is 1. The first-order valence-electron chi connectivity index (χ1n) is 12.2. The van der Waals surface area contributed by atoms with E-state index < -0.39 is 12.0 Å². The number of nitrogens with zero attached hydrogens (tertiary/aromatic N) is 2. The van der Waals surface area contributed by atoms with E-state index in [0.717, 1.165) is 16.0 Å². The van der Waals surface area contributed by atoms with Crippen molar-refractivity contribution in [1.29, 1.82) is 0 Å². The zero-order valence-electron chi connectivity index (χ0n) is 21.5. The van der Waals surface area contributed by atoms with Crippen molar-refractivity contribution >= 4 is 46.3 Å². The highest BCUT2D eigenvalue weighted by Gasteiger charge is 2.33. The number of rotatable bonds is 8. The molecule has 1 aliphatic heterocycles. The van der Waals surface area contributed by atoms with Gasteiger partial charge in [-0.1, -0.05) is 47.2 Å². The van der Waals surface area contributed by atoms with Crippen molar-refractivity contribution in [3.63, 3.8) is 0 Å². The fraction of sp³-hybridized carbons (Fsp3) is 0.207. The third-order valence-electron chi connectivity index (χ3n) is 6.12. The summed E-state index contributed by atoms with van der Waals surface area (Å²) < 4.78 is 18.9. The highest BCUT2D eigenvalue weighted by molar-refractivity contribution is 7.10. The summed E-state index contributed by atoms with van der Waals surface area (Å²) in [5, 5.41) is 2.59. The summed E-state index contributed by atoms with van der Waals surface area (Å²) in [6.07, 6.45) is 1.80. The molecule has 0 spiro atoms. The molecule has 200 valence electrons. The van der Waals surface area contributed by atoms with E-state index in [0.29, 0.717) is 43.7 Å². The Morgan fingerprint density at radius 3 is 2.64 bits per heavy atom. The average Bonchev–Trinajstić information content (AvgIpc) is 3.56. The summed E-state index contributed by atoms with van der Waals surface area (Å²) in [6.45, 7) is 4.12. The van der Waals surface area contributed by atoms with Gasteiger partial charge in [-0.3, -0.25) is 9.36 Å². The number of carbonyl (C=O) groups is 1. The molecule has 0 amide bonds. The topological polar surface area (TPSA) is 79.1 Å². The highest BCUT2D eigenvalue weighted by atomic mass is 35.5. The lowest BCUT2D eigenvalue weighted by Crippen LogP contribution is -2.39. The zero-order chi connectivity index (χ0) is 27.5. The Morgan fingerprint density at radius 1 is 1.15 bits per heavy atom. The monoisotopic (exact) mass is 580 g/mol. The number of aromatic nitrogens is 1. The summed E-state index contributed by atoms with van der Waals surface area (Å²) in [5.74, 6) is 0.659. The lowest BCUT2D eigenvalue weighted by atomic mass is 10.0. The standard InChI is InChI=1S/C29H25ClN2O5S2/c1-4-36-28(34)25-17(2)31-29-32(26(25)23-6-5-13-38-23)27(33)24(39-29)15-19-9-12-21(22(14-19)35-3)37-16-18-7-10-20(30)11-8-18/h5-15,26H,4,16H2,1-3H3/b24-15-. The van der Waals surface area contributed by atoms with Gasteiger partial charge in [0.2, 0.25) is 0 Å². The maximum Gasteiger partial charge on any atom is 0.338 e. The molecule has 10 heteroatoms. The first-order chi connectivity index (χ1) is 18.9. The molecule has 1 atom stereocenters. The molecule has 2 aromatic heterocycles. The molecule has 0 saturated carbocycles. The lowest BCUT2D eigenvalue weighted by molar-refractivity contribution is -0.139. The van der Waals surface area contributed by atoms with E-state index in [1.165, 1.54) is 22.7 Å². The van der Waals surface area contributed by atoms with Crippen LogP contribution in [0.25, 0.3) is 6.08 Å². The normalized spacial score (nSPS) is 15.1. The van der Waals surface area contributed by atoms with Crippen LogP contribution in [0.15, 0.2) is 81.0 Å². The Bertz CT molecular complexity index is 1720. The van der Waals surface area contributed by atoms with Gasteiger partial charge in [-0.25, -0.2) is 9.79 Å². The molecule has 0 radical (unpaired) electrons. The number of halogens is 1. The number of esters is 1. The molecule has 0 saturated heterocycles. The molecule has 0 aliphatic carbocycles. The zero-order valence-corrected chi connectivity index (χ0v) is 23.9. The smallest absolute Gasteiger partial charge is 0.338 e. The second kappa shape index (κ2) is 11.6. The van der Waals surface area contributed by atoms with Crippen LogP contribution >= 0.6 is 34.3 Å². The van der Waals surface area contributed by atoms with Crippen LogP contribution in [-0.2, 0) is 16.1 Å². The van der Waals surface area contributed by atoms with Crippen molar-refractivity contribution in [2.24, 2.45) is 4.99 Å².